The van der Waals surface area contributed by atoms with Crippen LogP contribution in [0.1, 0.15) is 0 Å². The van der Waals surface area contributed by atoms with Crippen LogP contribution in [0.3, 0.4) is 0 Å². The quantitative estimate of drug-likeness (QED) is 0.139. The van der Waals surface area contributed by atoms with E-state index < -0.39 is 0 Å². The highest BCUT2D eigenvalue weighted by Gasteiger charge is 2.21. The van der Waals surface area contributed by atoms with Gasteiger partial charge in [0.25, 0.3) is 0 Å². The first-order valence-corrected chi connectivity index (χ1v) is 26.1. The molecule has 0 atom stereocenters. The van der Waals surface area contributed by atoms with Crippen LogP contribution in [0.5, 0.6) is 0 Å². The molecule has 0 spiro atoms. The van der Waals surface area contributed by atoms with Gasteiger partial charge in [-0.1, -0.05) is 231 Å². The second-order valence-corrected chi connectivity index (χ2v) is 19.9. The summed E-state index contributed by atoms with van der Waals surface area (Å²) in [4.78, 5) is 0. The summed E-state index contributed by atoms with van der Waals surface area (Å²) in [6.07, 6.45) is 0. The Labute approximate surface area is 440 Å². The summed E-state index contributed by atoms with van der Waals surface area (Å²) in [7, 11) is 0. The summed E-state index contributed by atoms with van der Waals surface area (Å²) >= 11 is 0. The van der Waals surface area contributed by atoms with Crippen molar-refractivity contribution in [3.63, 3.8) is 0 Å². The van der Waals surface area contributed by atoms with Crippen LogP contribution in [0.15, 0.2) is 290 Å². The predicted octanol–water partition coefficient (Wildman–Crippen LogP) is 20.7. The lowest BCUT2D eigenvalue weighted by Gasteiger charge is -2.18. The number of benzene rings is 13. The molecule has 76 heavy (non-hydrogen) atoms. The molecule has 0 bridgehead atoms. The zero-order chi connectivity index (χ0) is 50.1. The van der Waals surface area contributed by atoms with Crippen LogP contribution in [0.4, 0.5) is 0 Å². The van der Waals surface area contributed by atoms with Gasteiger partial charge in [-0.15, -0.1) is 0 Å². The molecule has 0 fully saturated rings. The van der Waals surface area contributed by atoms with E-state index in [2.05, 4.69) is 290 Å². The zero-order valence-corrected chi connectivity index (χ0v) is 41.5. The summed E-state index contributed by atoms with van der Waals surface area (Å²) in [6, 6.07) is 104. The van der Waals surface area contributed by atoms with Gasteiger partial charge in [-0.3, -0.25) is 0 Å². The number of hydrogen-bond donors (Lipinski definition) is 0. The summed E-state index contributed by atoms with van der Waals surface area (Å²) in [5.41, 5.74) is 21.7. The molecule has 13 aromatic carbocycles. The van der Waals surface area contributed by atoms with E-state index in [4.69, 9.17) is 4.42 Å². The molecule has 0 aliphatic heterocycles. The van der Waals surface area contributed by atoms with E-state index in [0.29, 0.717) is 0 Å². The maximum atomic E-state index is 6.97. The SMILES string of the molecule is c1ccc(-c2ccc(-c3ccc4oc5c(-c6ccc7c(c6)c6ccccc6n7-c6ccc(-c7c8ccccc8c(-c8ccccc8)c8ccccc78)cc6)cc(-c6ccc(-c7ccccc7)cc6)cc5c4c3)cc2)cc1. The molecule has 0 saturated heterocycles. The van der Waals surface area contributed by atoms with E-state index in [1.165, 1.54) is 82.4 Å². The molecule has 0 amide bonds. The van der Waals surface area contributed by atoms with Crippen LogP contribution in [0, 0.1) is 0 Å². The number of nitrogens with zero attached hydrogens (tertiary/aromatic N) is 1. The highest BCUT2D eigenvalue weighted by atomic mass is 16.3. The monoisotopic (exact) mass is 965 g/mol. The fraction of sp³-hybridized carbons (Fsp3) is 0. The zero-order valence-electron chi connectivity index (χ0n) is 41.5. The number of rotatable bonds is 8. The van der Waals surface area contributed by atoms with Crippen LogP contribution >= 0.6 is 0 Å². The number of fused-ring (bicyclic) bond motifs is 8. The molecule has 354 valence electrons. The highest BCUT2D eigenvalue weighted by Crippen LogP contribution is 2.46. The van der Waals surface area contributed by atoms with Crippen LogP contribution in [-0.4, -0.2) is 4.57 Å². The summed E-state index contributed by atoms with van der Waals surface area (Å²) in [5, 5.41) is 9.59. The van der Waals surface area contributed by atoms with Crippen molar-refractivity contribution in [1.29, 1.82) is 0 Å². The molecule has 0 unspecified atom stereocenters. The van der Waals surface area contributed by atoms with E-state index in [0.717, 1.165) is 66.5 Å². The van der Waals surface area contributed by atoms with Crippen LogP contribution in [0.2, 0.25) is 0 Å². The Kier molecular flexibility index (Phi) is 10.2. The number of para-hydroxylation sites is 1. The summed E-state index contributed by atoms with van der Waals surface area (Å²) in [5.74, 6) is 0. The van der Waals surface area contributed by atoms with E-state index >= 15 is 0 Å². The molecule has 2 heterocycles. The number of aromatic nitrogens is 1. The molecule has 2 aromatic heterocycles. The molecule has 0 N–H and O–H groups in total. The molecular formula is C74H47NO. The Hall–Kier alpha value is -10.0. The predicted molar refractivity (Wildman–Crippen MR) is 321 cm³/mol. The lowest BCUT2D eigenvalue weighted by Crippen LogP contribution is -1.94. The van der Waals surface area contributed by atoms with Gasteiger partial charge in [-0.05, 0) is 148 Å². The van der Waals surface area contributed by atoms with E-state index in [1.807, 2.05) is 0 Å². The van der Waals surface area contributed by atoms with Gasteiger partial charge in [-0.25, -0.2) is 0 Å². The second kappa shape index (κ2) is 17.9. The largest absolute Gasteiger partial charge is 0.455 e. The number of furan rings is 1. The molecule has 0 aliphatic rings. The minimum absolute atomic E-state index is 0.867. The first-order chi connectivity index (χ1) is 37.7. The molecule has 15 rings (SSSR count). The van der Waals surface area contributed by atoms with Crippen LogP contribution < -0.4 is 0 Å². The molecule has 0 saturated carbocycles. The summed E-state index contributed by atoms with van der Waals surface area (Å²) < 4.78 is 9.39. The standard InChI is InChI=1S/C74H47NO/c1-4-16-48(17-5-1)50-28-32-52(33-29-50)56-39-43-71-67(44-56)68-47-58(53-34-30-51(31-35-53)49-18-6-2-7-19-49)46-65(74(68)76-71)57-38-42-70-66(45-57)60-22-14-15-27-69(60)75(70)59-40-36-55(37-41-59)73-63-25-12-10-23-61(63)72(54-20-8-3-9-21-54)62-24-11-13-26-64(62)73/h1-47H. The molecular weight excluding hydrogens is 919 g/mol. The highest BCUT2D eigenvalue weighted by molar-refractivity contribution is 6.21. The third kappa shape index (κ3) is 7.26. The normalized spacial score (nSPS) is 11.7. The molecule has 0 aliphatic carbocycles. The minimum Gasteiger partial charge on any atom is -0.455 e. The fourth-order valence-corrected chi connectivity index (χ4v) is 12.0. The lowest BCUT2D eigenvalue weighted by atomic mass is 9.86. The van der Waals surface area contributed by atoms with Crippen molar-refractivity contribution in [2.75, 3.05) is 0 Å². The Balaban J connectivity index is 0.866. The molecule has 2 heteroatoms. The van der Waals surface area contributed by atoms with Gasteiger partial charge in [0, 0.05) is 32.8 Å². The van der Waals surface area contributed by atoms with Gasteiger partial charge in [0.1, 0.15) is 11.2 Å². The fourth-order valence-electron chi connectivity index (χ4n) is 12.0. The van der Waals surface area contributed by atoms with Crippen LogP contribution in [-0.2, 0) is 0 Å². The lowest BCUT2D eigenvalue weighted by molar-refractivity contribution is 0.670. The van der Waals surface area contributed by atoms with Gasteiger partial charge in [0.2, 0.25) is 0 Å². The minimum atomic E-state index is 0.867. The second-order valence-electron chi connectivity index (χ2n) is 19.9. The van der Waals surface area contributed by atoms with Gasteiger partial charge in [-0.2, -0.15) is 0 Å². The Bertz CT molecular complexity index is 4630. The van der Waals surface area contributed by atoms with Gasteiger partial charge >= 0.3 is 0 Å². The van der Waals surface area contributed by atoms with E-state index in [1.54, 1.807) is 0 Å². The first kappa shape index (κ1) is 43.6. The Morgan fingerprint density at radius 2 is 0.605 bits per heavy atom. The first-order valence-electron chi connectivity index (χ1n) is 26.1. The van der Waals surface area contributed by atoms with Gasteiger partial charge in [0.15, 0.2) is 0 Å². The average Bonchev–Trinajstić information content (AvgIpc) is 4.12. The third-order valence-corrected chi connectivity index (χ3v) is 15.6. The van der Waals surface area contributed by atoms with Gasteiger partial charge < -0.3 is 8.98 Å². The van der Waals surface area contributed by atoms with Gasteiger partial charge in [0.05, 0.1) is 11.0 Å². The average molecular weight is 966 g/mol. The summed E-state index contributed by atoms with van der Waals surface area (Å²) in [6.45, 7) is 0. The smallest absolute Gasteiger partial charge is 0.143 e. The van der Waals surface area contributed by atoms with E-state index in [9.17, 15) is 0 Å². The van der Waals surface area contributed by atoms with Crippen molar-refractivity contribution in [3.05, 3.63) is 285 Å². The Morgan fingerprint density at radius 3 is 1.17 bits per heavy atom. The van der Waals surface area contributed by atoms with Crippen molar-refractivity contribution >= 4 is 65.3 Å². The van der Waals surface area contributed by atoms with E-state index in [-0.39, 0.29) is 0 Å². The third-order valence-electron chi connectivity index (χ3n) is 15.6. The van der Waals surface area contributed by atoms with Crippen LogP contribution in [0.25, 0.3) is 149 Å². The van der Waals surface area contributed by atoms with Crippen molar-refractivity contribution < 1.29 is 4.42 Å². The Morgan fingerprint density at radius 1 is 0.224 bits per heavy atom. The topological polar surface area (TPSA) is 18.1 Å². The maximum absolute atomic E-state index is 6.97. The molecule has 15 aromatic rings. The van der Waals surface area contributed by atoms with Crippen molar-refractivity contribution in [2.24, 2.45) is 0 Å². The van der Waals surface area contributed by atoms with Crippen molar-refractivity contribution in [1.82, 2.24) is 4.57 Å². The molecule has 0 radical (unpaired) electrons. The van der Waals surface area contributed by atoms with Crippen molar-refractivity contribution in [3.8, 4) is 83.6 Å². The number of hydrogen-bond acceptors (Lipinski definition) is 1. The van der Waals surface area contributed by atoms with Crippen molar-refractivity contribution in [2.45, 2.75) is 0 Å². The molecule has 2 nitrogen and oxygen atoms in total. The maximum Gasteiger partial charge on any atom is 0.143 e.